The van der Waals surface area contributed by atoms with Crippen LogP contribution in [0, 0.1) is 29.8 Å². The lowest BCUT2D eigenvalue weighted by Gasteiger charge is -2.35. The Morgan fingerprint density at radius 1 is 1.22 bits per heavy atom. The highest BCUT2D eigenvalue weighted by Crippen LogP contribution is 2.31. The zero-order chi connectivity index (χ0) is 16.6. The van der Waals surface area contributed by atoms with Gasteiger partial charge in [0.1, 0.15) is 11.5 Å². The minimum absolute atomic E-state index is 0.181. The molecule has 0 unspecified atom stereocenters. The molecule has 3 rings (SSSR count). The Morgan fingerprint density at radius 2 is 1.87 bits per heavy atom. The fourth-order valence-corrected chi connectivity index (χ4v) is 3.60. The van der Waals surface area contributed by atoms with Crippen molar-refractivity contribution >= 4 is 27.8 Å². The lowest BCUT2D eigenvalue weighted by molar-refractivity contribution is -0.384. The molecule has 8 heteroatoms. The second-order valence-corrected chi connectivity index (χ2v) is 6.68. The second kappa shape index (κ2) is 6.11. The van der Waals surface area contributed by atoms with Gasteiger partial charge in [0.25, 0.3) is 5.69 Å². The molecule has 0 aliphatic carbocycles. The van der Waals surface area contributed by atoms with Crippen LogP contribution in [0.1, 0.15) is 10.6 Å². The number of aryl methyl sites for hydroxylation is 2. The van der Waals surface area contributed by atoms with Gasteiger partial charge in [-0.2, -0.15) is 0 Å². The fraction of sp³-hybridized carbons (Fsp3) is 0.400. The molecule has 6 nitrogen and oxygen atoms in total. The van der Waals surface area contributed by atoms with Crippen molar-refractivity contribution in [3.8, 4) is 0 Å². The molecule has 1 aliphatic heterocycles. The number of thiazole rings is 1. The third-order valence-corrected chi connectivity index (χ3v) is 5.18. The van der Waals surface area contributed by atoms with Crippen molar-refractivity contribution in [3.05, 3.63) is 44.7 Å². The molecule has 1 aromatic heterocycles. The fourth-order valence-electron chi connectivity index (χ4n) is 2.64. The maximum atomic E-state index is 13.3. The number of anilines is 2. The number of nitro benzene ring substituents is 1. The Kier molecular flexibility index (Phi) is 4.16. The van der Waals surface area contributed by atoms with Crippen molar-refractivity contribution in [2.75, 3.05) is 36.0 Å². The van der Waals surface area contributed by atoms with Crippen molar-refractivity contribution < 1.29 is 9.31 Å². The number of hydrogen-bond donors (Lipinski definition) is 0. The first kappa shape index (κ1) is 15.7. The highest BCUT2D eigenvalue weighted by Gasteiger charge is 2.25. The predicted molar refractivity (Wildman–Crippen MR) is 89.1 cm³/mol. The van der Waals surface area contributed by atoms with Gasteiger partial charge < -0.3 is 9.80 Å². The molecule has 1 aromatic carbocycles. The summed E-state index contributed by atoms with van der Waals surface area (Å²) in [5.74, 6) is -0.590. The molecule has 0 atom stereocenters. The van der Waals surface area contributed by atoms with Gasteiger partial charge in [-0.05, 0) is 26.0 Å². The third-order valence-electron chi connectivity index (χ3n) is 4.04. The summed E-state index contributed by atoms with van der Waals surface area (Å²) < 4.78 is 13.3. The predicted octanol–water partition coefficient (Wildman–Crippen LogP) is 3.13. The van der Waals surface area contributed by atoms with E-state index in [1.807, 2.05) is 11.8 Å². The SMILES string of the molecule is Cc1nc(N2CCN(c3ccc(F)cc3[N+](=O)[O-])CC2)sc1C. The van der Waals surface area contributed by atoms with E-state index < -0.39 is 10.7 Å². The summed E-state index contributed by atoms with van der Waals surface area (Å²) in [6.45, 7) is 6.80. The highest BCUT2D eigenvalue weighted by molar-refractivity contribution is 7.15. The average Bonchev–Trinajstić information content (AvgIpc) is 2.87. The highest BCUT2D eigenvalue weighted by atomic mass is 32.1. The standard InChI is InChI=1S/C15H17FN4O2S/c1-10-11(2)23-15(17-10)19-7-5-18(6-8-19)13-4-3-12(16)9-14(13)20(21)22/h3-4,9H,5-8H2,1-2H3. The molecule has 1 fully saturated rings. The molecule has 23 heavy (non-hydrogen) atoms. The summed E-state index contributed by atoms with van der Waals surface area (Å²) in [4.78, 5) is 20.5. The van der Waals surface area contributed by atoms with Crippen LogP contribution in [0.5, 0.6) is 0 Å². The number of halogens is 1. The minimum Gasteiger partial charge on any atom is -0.362 e. The second-order valence-electron chi connectivity index (χ2n) is 5.50. The van der Waals surface area contributed by atoms with Gasteiger partial charge in [-0.25, -0.2) is 9.37 Å². The molecular weight excluding hydrogens is 319 g/mol. The van der Waals surface area contributed by atoms with E-state index in [9.17, 15) is 14.5 Å². The van der Waals surface area contributed by atoms with Gasteiger partial charge in [0, 0.05) is 31.1 Å². The molecule has 0 saturated carbocycles. The van der Waals surface area contributed by atoms with Gasteiger partial charge in [0.2, 0.25) is 0 Å². The lowest BCUT2D eigenvalue weighted by atomic mass is 10.2. The van der Waals surface area contributed by atoms with Crippen molar-refractivity contribution in [2.45, 2.75) is 13.8 Å². The smallest absolute Gasteiger partial charge is 0.295 e. The summed E-state index contributed by atoms with van der Waals surface area (Å²) in [5.41, 5.74) is 1.34. The van der Waals surface area contributed by atoms with Gasteiger partial charge in [0.15, 0.2) is 5.13 Å². The van der Waals surface area contributed by atoms with Gasteiger partial charge in [0.05, 0.1) is 16.7 Å². The van der Waals surface area contributed by atoms with E-state index in [0.29, 0.717) is 18.8 Å². The van der Waals surface area contributed by atoms with Crippen molar-refractivity contribution in [2.24, 2.45) is 0 Å². The number of nitrogens with zero attached hydrogens (tertiary/aromatic N) is 4. The molecule has 0 amide bonds. The van der Waals surface area contributed by atoms with Gasteiger partial charge in [-0.15, -0.1) is 11.3 Å². The molecule has 1 saturated heterocycles. The van der Waals surface area contributed by atoms with Crippen LogP contribution in [0.25, 0.3) is 0 Å². The maximum Gasteiger partial charge on any atom is 0.295 e. The third kappa shape index (κ3) is 3.12. The first-order valence-corrected chi connectivity index (χ1v) is 8.15. The van der Waals surface area contributed by atoms with Crippen LogP contribution < -0.4 is 9.80 Å². The quantitative estimate of drug-likeness (QED) is 0.636. The van der Waals surface area contributed by atoms with Crippen LogP contribution in [-0.2, 0) is 0 Å². The van der Waals surface area contributed by atoms with Gasteiger partial charge >= 0.3 is 0 Å². The number of rotatable bonds is 3. The summed E-state index contributed by atoms with van der Waals surface area (Å²) in [5, 5.41) is 12.1. The monoisotopic (exact) mass is 336 g/mol. The van der Waals surface area contributed by atoms with Crippen molar-refractivity contribution in [1.82, 2.24) is 4.98 Å². The summed E-state index contributed by atoms with van der Waals surface area (Å²) in [6, 6.07) is 3.73. The molecule has 2 aromatic rings. The first-order chi connectivity index (χ1) is 11.0. The minimum atomic E-state index is -0.590. The normalized spacial score (nSPS) is 15.1. The molecular formula is C15H17FN4O2S. The first-order valence-electron chi connectivity index (χ1n) is 7.33. The van der Waals surface area contributed by atoms with Crippen molar-refractivity contribution in [1.29, 1.82) is 0 Å². The van der Waals surface area contributed by atoms with Crippen LogP contribution in [0.3, 0.4) is 0 Å². The molecule has 122 valence electrons. The number of benzene rings is 1. The van der Waals surface area contributed by atoms with Crippen LogP contribution >= 0.6 is 11.3 Å². The topological polar surface area (TPSA) is 62.5 Å². The largest absolute Gasteiger partial charge is 0.362 e. The maximum absolute atomic E-state index is 13.3. The van der Waals surface area contributed by atoms with Crippen LogP contribution in [0.15, 0.2) is 18.2 Å². The van der Waals surface area contributed by atoms with E-state index in [0.717, 1.165) is 30.0 Å². The van der Waals surface area contributed by atoms with Crippen LogP contribution in [0.2, 0.25) is 0 Å². The molecule has 0 N–H and O–H groups in total. The van der Waals surface area contributed by atoms with E-state index in [1.54, 1.807) is 11.3 Å². The molecule has 2 heterocycles. The van der Waals surface area contributed by atoms with Gasteiger partial charge in [-0.1, -0.05) is 0 Å². The zero-order valence-corrected chi connectivity index (χ0v) is 13.8. The van der Waals surface area contributed by atoms with Crippen LogP contribution in [-0.4, -0.2) is 36.1 Å². The number of piperazine rings is 1. The van der Waals surface area contributed by atoms with E-state index in [-0.39, 0.29) is 5.69 Å². The molecule has 0 spiro atoms. The Bertz CT molecular complexity index is 722. The number of hydrogen-bond acceptors (Lipinski definition) is 6. The number of aromatic nitrogens is 1. The Hall–Kier alpha value is -2.22. The van der Waals surface area contributed by atoms with E-state index in [4.69, 9.17) is 0 Å². The lowest BCUT2D eigenvalue weighted by Crippen LogP contribution is -2.46. The molecule has 0 radical (unpaired) electrons. The van der Waals surface area contributed by atoms with Crippen molar-refractivity contribution in [3.63, 3.8) is 0 Å². The average molecular weight is 336 g/mol. The summed E-state index contributed by atoms with van der Waals surface area (Å²) in [7, 11) is 0. The summed E-state index contributed by atoms with van der Waals surface area (Å²) >= 11 is 1.67. The van der Waals surface area contributed by atoms with Crippen LogP contribution in [0.4, 0.5) is 20.9 Å². The Balaban J connectivity index is 1.75. The number of nitro groups is 1. The van der Waals surface area contributed by atoms with E-state index >= 15 is 0 Å². The summed E-state index contributed by atoms with van der Waals surface area (Å²) in [6.07, 6.45) is 0. The van der Waals surface area contributed by atoms with E-state index in [1.165, 1.54) is 17.0 Å². The molecule has 1 aliphatic rings. The Morgan fingerprint density at radius 3 is 2.43 bits per heavy atom. The molecule has 0 bridgehead atoms. The van der Waals surface area contributed by atoms with E-state index in [2.05, 4.69) is 16.8 Å². The zero-order valence-electron chi connectivity index (χ0n) is 13.0. The van der Waals surface area contributed by atoms with Gasteiger partial charge in [-0.3, -0.25) is 10.1 Å². The Labute approximate surface area is 137 Å².